The van der Waals surface area contributed by atoms with E-state index in [0.29, 0.717) is 6.54 Å². The summed E-state index contributed by atoms with van der Waals surface area (Å²) in [6.07, 6.45) is 1.65. The highest BCUT2D eigenvalue weighted by Gasteiger charge is 2.23. The van der Waals surface area contributed by atoms with Gasteiger partial charge in [-0.1, -0.05) is 20.8 Å². The van der Waals surface area contributed by atoms with Crippen LogP contribution in [0, 0.1) is 0 Å². The Labute approximate surface area is 117 Å². The quantitative estimate of drug-likeness (QED) is 0.809. The molecule has 0 aromatic carbocycles. The van der Waals surface area contributed by atoms with Gasteiger partial charge in [0.15, 0.2) is 0 Å². The SMILES string of the molecule is CC(C)(C)c1nc(Br)cc(N2CCCC(O)C2)n1. The molecule has 1 aliphatic heterocycles. The number of hydrogen-bond donors (Lipinski definition) is 1. The highest BCUT2D eigenvalue weighted by molar-refractivity contribution is 9.10. The standard InChI is InChI=1S/C13H20BrN3O/c1-13(2,3)12-15-10(14)7-11(16-12)17-6-4-5-9(18)8-17/h7,9,18H,4-6,8H2,1-3H3. The lowest BCUT2D eigenvalue weighted by molar-refractivity contribution is 0.154. The van der Waals surface area contributed by atoms with E-state index in [1.807, 2.05) is 6.07 Å². The molecule has 1 unspecified atom stereocenters. The summed E-state index contributed by atoms with van der Waals surface area (Å²) >= 11 is 3.45. The summed E-state index contributed by atoms with van der Waals surface area (Å²) in [6.45, 7) is 7.91. The van der Waals surface area contributed by atoms with Gasteiger partial charge in [0.1, 0.15) is 16.2 Å². The van der Waals surface area contributed by atoms with Crippen molar-refractivity contribution in [1.82, 2.24) is 9.97 Å². The summed E-state index contributed by atoms with van der Waals surface area (Å²) in [5, 5.41) is 9.74. The Morgan fingerprint density at radius 1 is 1.39 bits per heavy atom. The predicted molar refractivity (Wildman–Crippen MR) is 75.9 cm³/mol. The first-order chi connectivity index (χ1) is 8.36. The molecule has 0 radical (unpaired) electrons. The van der Waals surface area contributed by atoms with Crippen LogP contribution in [0.5, 0.6) is 0 Å². The number of rotatable bonds is 1. The largest absolute Gasteiger partial charge is 0.391 e. The topological polar surface area (TPSA) is 49.2 Å². The van der Waals surface area contributed by atoms with Gasteiger partial charge < -0.3 is 10.0 Å². The molecule has 1 aliphatic rings. The van der Waals surface area contributed by atoms with Gasteiger partial charge >= 0.3 is 0 Å². The van der Waals surface area contributed by atoms with Gasteiger partial charge in [-0.05, 0) is 28.8 Å². The Bertz CT molecular complexity index is 431. The molecule has 1 saturated heterocycles. The van der Waals surface area contributed by atoms with Crippen molar-refractivity contribution in [2.45, 2.75) is 45.1 Å². The third-order valence-corrected chi connectivity index (χ3v) is 3.48. The summed E-state index contributed by atoms with van der Waals surface area (Å²) in [7, 11) is 0. The molecular formula is C13H20BrN3O. The monoisotopic (exact) mass is 313 g/mol. The minimum absolute atomic E-state index is 0.0765. The third kappa shape index (κ3) is 3.20. The van der Waals surface area contributed by atoms with Gasteiger partial charge in [0.05, 0.1) is 6.10 Å². The van der Waals surface area contributed by atoms with Crippen molar-refractivity contribution >= 4 is 21.7 Å². The summed E-state index contributed by atoms with van der Waals surface area (Å²) in [5.41, 5.74) is -0.0765. The van der Waals surface area contributed by atoms with E-state index in [9.17, 15) is 5.11 Å². The van der Waals surface area contributed by atoms with Crippen molar-refractivity contribution in [1.29, 1.82) is 0 Å². The van der Waals surface area contributed by atoms with Crippen molar-refractivity contribution in [3.63, 3.8) is 0 Å². The Hall–Kier alpha value is -0.680. The highest BCUT2D eigenvalue weighted by Crippen LogP contribution is 2.25. The molecule has 2 rings (SSSR count). The van der Waals surface area contributed by atoms with E-state index in [1.54, 1.807) is 0 Å². The van der Waals surface area contributed by atoms with Crippen molar-refractivity contribution in [2.24, 2.45) is 0 Å². The molecule has 1 atom stereocenters. The lowest BCUT2D eigenvalue weighted by Crippen LogP contribution is -2.39. The fourth-order valence-corrected chi connectivity index (χ4v) is 2.44. The fraction of sp³-hybridized carbons (Fsp3) is 0.692. The van der Waals surface area contributed by atoms with Crippen molar-refractivity contribution < 1.29 is 5.11 Å². The predicted octanol–water partition coefficient (Wildman–Crippen LogP) is 2.50. The second kappa shape index (κ2) is 5.13. The summed E-state index contributed by atoms with van der Waals surface area (Å²) in [4.78, 5) is 11.2. The van der Waals surface area contributed by atoms with E-state index in [-0.39, 0.29) is 11.5 Å². The molecule has 1 fully saturated rings. The first-order valence-corrected chi connectivity index (χ1v) is 7.13. The van der Waals surface area contributed by atoms with Crippen LogP contribution in [0.1, 0.15) is 39.4 Å². The zero-order valence-electron chi connectivity index (χ0n) is 11.1. The zero-order chi connectivity index (χ0) is 13.3. The zero-order valence-corrected chi connectivity index (χ0v) is 12.7. The molecule has 0 saturated carbocycles. The molecule has 5 heteroatoms. The molecule has 0 bridgehead atoms. The number of piperidine rings is 1. The van der Waals surface area contributed by atoms with Crippen molar-refractivity contribution in [3.8, 4) is 0 Å². The van der Waals surface area contributed by atoms with E-state index in [4.69, 9.17) is 0 Å². The van der Waals surface area contributed by atoms with Crippen LogP contribution in [-0.2, 0) is 5.41 Å². The van der Waals surface area contributed by atoms with Gasteiger partial charge in [-0.3, -0.25) is 0 Å². The second-order valence-electron chi connectivity index (χ2n) is 5.86. The lowest BCUT2D eigenvalue weighted by atomic mass is 9.96. The summed E-state index contributed by atoms with van der Waals surface area (Å²) < 4.78 is 0.803. The van der Waals surface area contributed by atoms with Crippen molar-refractivity contribution in [3.05, 3.63) is 16.5 Å². The maximum absolute atomic E-state index is 9.74. The van der Waals surface area contributed by atoms with Gasteiger partial charge in [-0.25, -0.2) is 9.97 Å². The normalized spacial score (nSPS) is 21.2. The number of anilines is 1. The Balaban J connectivity index is 2.30. The maximum Gasteiger partial charge on any atom is 0.137 e. The summed E-state index contributed by atoms with van der Waals surface area (Å²) in [6, 6.07) is 1.92. The molecule has 0 spiro atoms. The van der Waals surface area contributed by atoms with E-state index >= 15 is 0 Å². The molecule has 18 heavy (non-hydrogen) atoms. The minimum atomic E-state index is -0.245. The number of aromatic nitrogens is 2. The average Bonchev–Trinajstić information content (AvgIpc) is 2.27. The maximum atomic E-state index is 9.74. The van der Waals surface area contributed by atoms with Gasteiger partial charge in [0, 0.05) is 24.6 Å². The van der Waals surface area contributed by atoms with Gasteiger partial charge in [-0.2, -0.15) is 0 Å². The van der Waals surface area contributed by atoms with Crippen LogP contribution in [0.3, 0.4) is 0 Å². The molecule has 0 amide bonds. The van der Waals surface area contributed by atoms with Gasteiger partial charge in [0.2, 0.25) is 0 Å². The van der Waals surface area contributed by atoms with Crippen molar-refractivity contribution in [2.75, 3.05) is 18.0 Å². The molecule has 2 heterocycles. The van der Waals surface area contributed by atoms with E-state index in [2.05, 4.69) is 51.6 Å². The minimum Gasteiger partial charge on any atom is -0.391 e. The number of halogens is 1. The van der Waals surface area contributed by atoms with Gasteiger partial charge in [0.25, 0.3) is 0 Å². The van der Waals surface area contributed by atoms with Crippen LogP contribution in [0.2, 0.25) is 0 Å². The number of β-amino-alcohol motifs (C(OH)–C–C–N with tert-alkyl or cyclic N) is 1. The van der Waals surface area contributed by atoms with Crippen LogP contribution < -0.4 is 4.90 Å². The van der Waals surface area contributed by atoms with E-state index in [0.717, 1.165) is 35.6 Å². The van der Waals surface area contributed by atoms with E-state index < -0.39 is 0 Å². The first-order valence-electron chi connectivity index (χ1n) is 6.34. The van der Waals surface area contributed by atoms with Gasteiger partial charge in [-0.15, -0.1) is 0 Å². The molecule has 1 aromatic rings. The Morgan fingerprint density at radius 3 is 2.72 bits per heavy atom. The van der Waals surface area contributed by atoms with Crippen LogP contribution >= 0.6 is 15.9 Å². The molecule has 1 aromatic heterocycles. The van der Waals surface area contributed by atoms with Crippen LogP contribution in [-0.4, -0.2) is 34.3 Å². The smallest absolute Gasteiger partial charge is 0.137 e. The lowest BCUT2D eigenvalue weighted by Gasteiger charge is -2.31. The van der Waals surface area contributed by atoms with Crippen LogP contribution in [0.15, 0.2) is 10.7 Å². The fourth-order valence-electron chi connectivity index (χ4n) is 2.07. The molecule has 100 valence electrons. The molecule has 0 aliphatic carbocycles. The Kier molecular flexibility index (Phi) is 3.92. The first kappa shape index (κ1) is 13.7. The molecule has 4 nitrogen and oxygen atoms in total. The third-order valence-electron chi connectivity index (χ3n) is 3.07. The Morgan fingerprint density at radius 2 is 2.11 bits per heavy atom. The highest BCUT2D eigenvalue weighted by atomic mass is 79.9. The number of nitrogens with zero attached hydrogens (tertiary/aromatic N) is 3. The van der Waals surface area contributed by atoms with Crippen LogP contribution in [0.4, 0.5) is 5.82 Å². The number of aliphatic hydroxyl groups is 1. The second-order valence-corrected chi connectivity index (χ2v) is 6.68. The number of hydrogen-bond acceptors (Lipinski definition) is 4. The van der Waals surface area contributed by atoms with E-state index in [1.165, 1.54) is 0 Å². The molecule has 1 N–H and O–H groups in total. The number of aliphatic hydroxyl groups excluding tert-OH is 1. The summed E-state index contributed by atoms with van der Waals surface area (Å²) in [5.74, 6) is 1.73. The van der Waals surface area contributed by atoms with Crippen LogP contribution in [0.25, 0.3) is 0 Å². The average molecular weight is 314 g/mol. The molecular weight excluding hydrogens is 294 g/mol.